The van der Waals surface area contributed by atoms with Crippen molar-refractivity contribution in [3.05, 3.63) is 80.5 Å². The van der Waals surface area contributed by atoms with E-state index in [-0.39, 0.29) is 17.0 Å². The lowest BCUT2D eigenvalue weighted by Crippen LogP contribution is -2.13. The highest BCUT2D eigenvalue weighted by molar-refractivity contribution is 9.10. The maximum atomic E-state index is 12.4. The lowest BCUT2D eigenvalue weighted by atomic mass is 10.1. The fourth-order valence-electron chi connectivity index (χ4n) is 2.63. The molecule has 3 rings (SSSR count). The van der Waals surface area contributed by atoms with E-state index < -0.39 is 10.8 Å². The first kappa shape index (κ1) is 20.8. The van der Waals surface area contributed by atoms with Crippen LogP contribution in [0.3, 0.4) is 0 Å². The summed E-state index contributed by atoms with van der Waals surface area (Å²) < 4.78 is 11.7. The van der Waals surface area contributed by atoms with Crippen molar-refractivity contribution >= 4 is 39.3 Å². The van der Waals surface area contributed by atoms with Gasteiger partial charge >= 0.3 is 0 Å². The summed E-state index contributed by atoms with van der Waals surface area (Å²) in [7, 11) is 1.44. The number of nitriles is 1. The Morgan fingerprint density at radius 2 is 2.07 bits per heavy atom. The molecular weight excluding hydrogens is 454 g/mol. The molecule has 30 heavy (non-hydrogen) atoms. The van der Waals surface area contributed by atoms with Crippen LogP contribution >= 0.6 is 15.9 Å². The van der Waals surface area contributed by atoms with Gasteiger partial charge in [-0.05, 0) is 36.4 Å². The Morgan fingerprint density at radius 1 is 1.27 bits per heavy atom. The molecule has 1 aromatic heterocycles. The fraction of sp³-hybridized carbons (Fsp3) is 0.0476. The Labute approximate surface area is 179 Å². The standard InChI is InChI=1S/C21H14BrN3O5/c1-29-19-7-5-16(25(27)28)11-18(19)20-8-6-17(30-20)9-13(12-23)21(26)24-15-4-2-3-14(22)10-15/h2-11H,1H3,(H,24,26)/b13-9+. The molecule has 0 saturated carbocycles. The number of benzene rings is 2. The number of nitrogens with one attached hydrogen (secondary N) is 1. The zero-order valence-electron chi connectivity index (χ0n) is 15.6. The van der Waals surface area contributed by atoms with Gasteiger partial charge in [0.05, 0.1) is 17.6 Å². The molecule has 0 saturated heterocycles. The lowest BCUT2D eigenvalue weighted by molar-refractivity contribution is -0.384. The second-order valence-corrected chi connectivity index (χ2v) is 6.89. The van der Waals surface area contributed by atoms with Crippen molar-refractivity contribution in [2.75, 3.05) is 12.4 Å². The highest BCUT2D eigenvalue weighted by Gasteiger charge is 2.17. The number of amides is 1. The molecule has 0 aliphatic rings. The SMILES string of the molecule is COc1ccc([N+](=O)[O-])cc1-c1ccc(/C=C(\C#N)C(=O)Nc2cccc(Br)c2)o1. The number of rotatable bonds is 6. The first-order valence-corrected chi connectivity index (χ1v) is 9.32. The molecule has 8 nitrogen and oxygen atoms in total. The van der Waals surface area contributed by atoms with Gasteiger partial charge in [-0.15, -0.1) is 0 Å². The zero-order valence-corrected chi connectivity index (χ0v) is 17.2. The van der Waals surface area contributed by atoms with E-state index in [0.29, 0.717) is 22.8 Å². The number of nitro groups is 1. The number of nitro benzene ring substituents is 1. The topological polar surface area (TPSA) is 118 Å². The third kappa shape index (κ3) is 4.74. The summed E-state index contributed by atoms with van der Waals surface area (Å²) in [6.07, 6.45) is 1.29. The minimum atomic E-state index is -0.596. The highest BCUT2D eigenvalue weighted by Crippen LogP contribution is 2.34. The molecule has 3 aromatic rings. The second kappa shape index (κ2) is 9.07. The molecule has 9 heteroatoms. The maximum absolute atomic E-state index is 12.4. The van der Waals surface area contributed by atoms with Crippen LogP contribution in [-0.2, 0) is 4.79 Å². The molecule has 2 aromatic carbocycles. The van der Waals surface area contributed by atoms with Gasteiger partial charge in [-0.2, -0.15) is 5.26 Å². The van der Waals surface area contributed by atoms with Crippen molar-refractivity contribution in [1.29, 1.82) is 5.26 Å². The Kier molecular flexibility index (Phi) is 6.29. The Hall–Kier alpha value is -3.90. The van der Waals surface area contributed by atoms with Crippen LogP contribution in [0.5, 0.6) is 5.75 Å². The molecule has 150 valence electrons. The van der Waals surface area contributed by atoms with Crippen molar-refractivity contribution < 1.29 is 18.9 Å². The van der Waals surface area contributed by atoms with Crippen LogP contribution in [-0.4, -0.2) is 17.9 Å². The largest absolute Gasteiger partial charge is 0.496 e. The van der Waals surface area contributed by atoms with E-state index in [9.17, 15) is 20.2 Å². The fourth-order valence-corrected chi connectivity index (χ4v) is 3.03. The third-order valence-electron chi connectivity index (χ3n) is 4.02. The van der Waals surface area contributed by atoms with Crippen LogP contribution in [0, 0.1) is 21.4 Å². The van der Waals surface area contributed by atoms with Gasteiger partial charge in [0, 0.05) is 28.4 Å². The first-order chi connectivity index (χ1) is 14.4. The minimum absolute atomic E-state index is 0.120. The van der Waals surface area contributed by atoms with Crippen molar-refractivity contribution in [2.45, 2.75) is 0 Å². The predicted octanol–water partition coefficient (Wildman–Crippen LogP) is 5.17. The molecule has 0 aliphatic carbocycles. The van der Waals surface area contributed by atoms with Gasteiger partial charge in [-0.3, -0.25) is 14.9 Å². The van der Waals surface area contributed by atoms with E-state index >= 15 is 0 Å². The number of hydrogen-bond donors (Lipinski definition) is 1. The number of carbonyl (C=O) groups is 1. The Morgan fingerprint density at radius 3 is 2.73 bits per heavy atom. The third-order valence-corrected chi connectivity index (χ3v) is 4.51. The first-order valence-electron chi connectivity index (χ1n) is 8.52. The number of halogens is 1. The zero-order chi connectivity index (χ0) is 21.7. The molecule has 0 unspecified atom stereocenters. The molecule has 0 atom stereocenters. The summed E-state index contributed by atoms with van der Waals surface area (Å²) in [5.41, 5.74) is 0.618. The smallest absolute Gasteiger partial charge is 0.270 e. The van der Waals surface area contributed by atoms with E-state index in [4.69, 9.17) is 9.15 Å². The monoisotopic (exact) mass is 467 g/mol. The number of furan rings is 1. The van der Waals surface area contributed by atoms with Crippen LogP contribution < -0.4 is 10.1 Å². The number of ether oxygens (including phenoxy) is 1. The van der Waals surface area contributed by atoms with Crippen molar-refractivity contribution in [3.63, 3.8) is 0 Å². The summed E-state index contributed by atoms with van der Waals surface area (Å²) in [5.74, 6) is 0.325. The van der Waals surface area contributed by atoms with Gasteiger partial charge in [0.15, 0.2) is 0 Å². The summed E-state index contributed by atoms with van der Waals surface area (Å²) in [5, 5.41) is 23.1. The molecule has 1 amide bonds. The molecule has 0 radical (unpaired) electrons. The average Bonchev–Trinajstić information content (AvgIpc) is 3.19. The van der Waals surface area contributed by atoms with Crippen LogP contribution in [0.4, 0.5) is 11.4 Å². The molecule has 0 fully saturated rings. The van der Waals surface area contributed by atoms with Gasteiger partial charge in [0.25, 0.3) is 11.6 Å². The molecule has 0 bridgehead atoms. The van der Waals surface area contributed by atoms with Crippen LogP contribution in [0.1, 0.15) is 5.76 Å². The van der Waals surface area contributed by atoms with Crippen molar-refractivity contribution in [3.8, 4) is 23.1 Å². The summed E-state index contributed by atoms with van der Waals surface area (Å²) in [4.78, 5) is 22.9. The molecule has 0 aliphatic heterocycles. The average molecular weight is 468 g/mol. The van der Waals surface area contributed by atoms with Crippen LogP contribution in [0.25, 0.3) is 17.4 Å². The summed E-state index contributed by atoms with van der Waals surface area (Å²) in [6.45, 7) is 0. The van der Waals surface area contributed by atoms with Gasteiger partial charge < -0.3 is 14.5 Å². The Bertz CT molecular complexity index is 1190. The number of anilines is 1. The Balaban J connectivity index is 1.88. The van der Waals surface area contributed by atoms with Crippen LogP contribution in [0.2, 0.25) is 0 Å². The maximum Gasteiger partial charge on any atom is 0.270 e. The normalized spacial score (nSPS) is 10.9. The van der Waals surface area contributed by atoms with Gasteiger partial charge in [-0.1, -0.05) is 22.0 Å². The number of methoxy groups -OCH3 is 1. The molecule has 0 spiro atoms. The van der Waals surface area contributed by atoms with Gasteiger partial charge in [-0.25, -0.2) is 0 Å². The lowest BCUT2D eigenvalue weighted by Gasteiger charge is -2.06. The number of carbonyl (C=O) groups excluding carboxylic acids is 1. The van der Waals surface area contributed by atoms with Gasteiger partial charge in [0.1, 0.15) is 28.9 Å². The molecular formula is C21H14BrN3O5. The van der Waals surface area contributed by atoms with E-state index in [2.05, 4.69) is 21.2 Å². The number of nitrogens with zero attached hydrogens (tertiary/aromatic N) is 2. The predicted molar refractivity (Wildman–Crippen MR) is 114 cm³/mol. The number of non-ortho nitro benzene ring substituents is 1. The van der Waals surface area contributed by atoms with Crippen molar-refractivity contribution in [2.24, 2.45) is 0 Å². The number of hydrogen-bond acceptors (Lipinski definition) is 6. The van der Waals surface area contributed by atoms with Crippen LogP contribution in [0.15, 0.2) is 69.1 Å². The van der Waals surface area contributed by atoms with E-state index in [1.165, 1.54) is 31.4 Å². The highest BCUT2D eigenvalue weighted by atomic mass is 79.9. The van der Waals surface area contributed by atoms with Gasteiger partial charge in [0.2, 0.25) is 0 Å². The van der Waals surface area contributed by atoms with E-state index in [1.54, 1.807) is 30.3 Å². The summed E-state index contributed by atoms with van der Waals surface area (Å²) >= 11 is 3.31. The summed E-state index contributed by atoms with van der Waals surface area (Å²) in [6, 6.07) is 16.1. The van der Waals surface area contributed by atoms with Crippen molar-refractivity contribution in [1.82, 2.24) is 0 Å². The van der Waals surface area contributed by atoms with E-state index in [1.807, 2.05) is 12.1 Å². The second-order valence-electron chi connectivity index (χ2n) is 5.98. The minimum Gasteiger partial charge on any atom is -0.496 e. The van der Waals surface area contributed by atoms with E-state index in [0.717, 1.165) is 4.47 Å². The molecule has 1 N–H and O–H groups in total. The molecule has 1 heterocycles. The quantitative estimate of drug-likeness (QED) is 0.231.